The molecule has 196 valence electrons. The van der Waals surface area contributed by atoms with Crippen molar-refractivity contribution >= 4 is 5.91 Å². The van der Waals surface area contributed by atoms with E-state index >= 15 is 0 Å². The Hall–Kier alpha value is -3.74. The van der Waals surface area contributed by atoms with E-state index in [2.05, 4.69) is 61.3 Å². The van der Waals surface area contributed by atoms with Crippen molar-refractivity contribution < 1.29 is 9.53 Å². The molecule has 1 aliphatic heterocycles. The predicted molar refractivity (Wildman–Crippen MR) is 153 cm³/mol. The van der Waals surface area contributed by atoms with Crippen molar-refractivity contribution in [1.82, 2.24) is 20.0 Å². The van der Waals surface area contributed by atoms with Crippen LogP contribution >= 0.6 is 0 Å². The molecule has 1 amide bonds. The van der Waals surface area contributed by atoms with Crippen molar-refractivity contribution in [3.63, 3.8) is 0 Å². The monoisotopic (exact) mass is 508 g/mol. The zero-order valence-electron chi connectivity index (χ0n) is 22.5. The molecule has 0 radical (unpaired) electrons. The van der Waals surface area contributed by atoms with Crippen molar-refractivity contribution in [2.24, 2.45) is 0 Å². The van der Waals surface area contributed by atoms with Gasteiger partial charge in [-0.05, 0) is 37.5 Å². The van der Waals surface area contributed by atoms with Gasteiger partial charge < -0.3 is 10.1 Å². The summed E-state index contributed by atoms with van der Waals surface area (Å²) in [6.07, 6.45) is 2.86. The molecule has 5 rings (SSSR count). The highest BCUT2D eigenvalue weighted by Gasteiger charge is 2.29. The summed E-state index contributed by atoms with van der Waals surface area (Å²) in [6.45, 7) is 10.2. The first-order valence-corrected chi connectivity index (χ1v) is 13.4. The lowest BCUT2D eigenvalue weighted by atomic mass is 10.0. The number of nitrogens with zero attached hydrogens (tertiary/aromatic N) is 3. The van der Waals surface area contributed by atoms with E-state index in [1.165, 1.54) is 5.56 Å². The highest BCUT2D eigenvalue weighted by atomic mass is 16.5. The number of nitrogens with one attached hydrogen (secondary N) is 1. The van der Waals surface area contributed by atoms with Crippen molar-refractivity contribution in [2.75, 3.05) is 32.8 Å². The summed E-state index contributed by atoms with van der Waals surface area (Å²) in [5, 5.41) is 8.15. The molecule has 38 heavy (non-hydrogen) atoms. The largest absolute Gasteiger partial charge is 0.379 e. The molecule has 1 fully saturated rings. The third-order valence-corrected chi connectivity index (χ3v) is 7.38. The molecular formula is C32H36N4O2. The standard InChI is InChI=1S/C32H36N4O2/c1-4-24-14-16-25(17-15-24)27-12-8-9-13-29(27)36-22-28(30(34-36)26-10-6-5-7-11-26)31(37)33-23-32(2,3)35-18-20-38-21-19-35/h5-17,22H,4,18-21,23H2,1-3H3,(H,33,37). The van der Waals surface area contributed by atoms with E-state index in [1.807, 2.05) is 59.4 Å². The number of aromatic nitrogens is 2. The zero-order chi connectivity index (χ0) is 26.5. The molecule has 1 aliphatic rings. The number of carbonyl (C=O) groups excluding carboxylic acids is 1. The minimum absolute atomic E-state index is 0.124. The Balaban J connectivity index is 1.48. The molecule has 0 aliphatic carbocycles. The van der Waals surface area contributed by atoms with E-state index in [0.29, 0.717) is 17.8 Å². The van der Waals surface area contributed by atoms with Gasteiger partial charge in [-0.2, -0.15) is 5.10 Å². The minimum atomic E-state index is -0.181. The van der Waals surface area contributed by atoms with Crippen molar-refractivity contribution in [2.45, 2.75) is 32.7 Å². The Kier molecular flexibility index (Phi) is 7.72. The summed E-state index contributed by atoms with van der Waals surface area (Å²) in [4.78, 5) is 16.0. The second-order valence-electron chi connectivity index (χ2n) is 10.4. The van der Waals surface area contributed by atoms with Crippen LogP contribution in [0.4, 0.5) is 0 Å². The van der Waals surface area contributed by atoms with Gasteiger partial charge in [0.1, 0.15) is 5.69 Å². The maximum atomic E-state index is 13.6. The van der Waals surface area contributed by atoms with E-state index in [4.69, 9.17) is 9.84 Å². The van der Waals surface area contributed by atoms with Gasteiger partial charge in [0.2, 0.25) is 0 Å². The van der Waals surface area contributed by atoms with Crippen LogP contribution in [0.1, 0.15) is 36.7 Å². The van der Waals surface area contributed by atoms with E-state index in [9.17, 15) is 4.79 Å². The molecule has 0 spiro atoms. The number of ether oxygens (including phenoxy) is 1. The first kappa shape index (κ1) is 25.9. The van der Waals surface area contributed by atoms with E-state index in [-0.39, 0.29) is 11.4 Å². The molecule has 0 atom stereocenters. The number of hydrogen-bond donors (Lipinski definition) is 1. The number of para-hydroxylation sites is 1. The third-order valence-electron chi connectivity index (χ3n) is 7.38. The number of morpholine rings is 1. The van der Waals surface area contributed by atoms with Crippen LogP contribution in [0.3, 0.4) is 0 Å². The number of amides is 1. The SMILES string of the molecule is CCc1ccc(-c2ccccc2-n2cc(C(=O)NCC(C)(C)N3CCOCC3)c(-c3ccccc3)n2)cc1. The molecule has 1 saturated heterocycles. The molecule has 2 heterocycles. The maximum Gasteiger partial charge on any atom is 0.255 e. The second kappa shape index (κ2) is 11.3. The Morgan fingerprint density at radius 1 is 0.921 bits per heavy atom. The lowest BCUT2D eigenvalue weighted by molar-refractivity contribution is -0.00923. The zero-order valence-corrected chi connectivity index (χ0v) is 22.5. The smallest absolute Gasteiger partial charge is 0.255 e. The molecule has 0 bridgehead atoms. The van der Waals surface area contributed by atoms with Crippen LogP contribution in [0.25, 0.3) is 28.1 Å². The predicted octanol–water partition coefficient (Wildman–Crippen LogP) is 5.61. The average Bonchev–Trinajstić information content (AvgIpc) is 3.43. The van der Waals surface area contributed by atoms with Gasteiger partial charge in [-0.25, -0.2) is 4.68 Å². The van der Waals surface area contributed by atoms with Crippen LogP contribution in [0.2, 0.25) is 0 Å². The fourth-order valence-electron chi connectivity index (χ4n) is 4.98. The van der Waals surface area contributed by atoms with E-state index in [0.717, 1.165) is 55.1 Å². The van der Waals surface area contributed by atoms with Gasteiger partial charge in [0.25, 0.3) is 5.91 Å². The van der Waals surface area contributed by atoms with Crippen LogP contribution in [0, 0.1) is 0 Å². The van der Waals surface area contributed by atoms with Gasteiger partial charge >= 0.3 is 0 Å². The molecule has 0 unspecified atom stereocenters. The summed E-state index contributed by atoms with van der Waals surface area (Å²) in [7, 11) is 0. The molecule has 1 N–H and O–H groups in total. The fourth-order valence-corrected chi connectivity index (χ4v) is 4.98. The molecule has 4 aromatic rings. The molecule has 6 heteroatoms. The number of benzene rings is 3. The van der Waals surface area contributed by atoms with Crippen molar-refractivity contribution in [1.29, 1.82) is 0 Å². The second-order valence-corrected chi connectivity index (χ2v) is 10.4. The number of rotatable bonds is 8. The molecule has 3 aromatic carbocycles. The Labute approximate surface area is 225 Å². The van der Waals surface area contributed by atoms with Gasteiger partial charge in [-0.3, -0.25) is 9.69 Å². The topological polar surface area (TPSA) is 59.4 Å². The first-order chi connectivity index (χ1) is 18.5. The summed E-state index contributed by atoms with van der Waals surface area (Å²) in [5.41, 5.74) is 6.38. The maximum absolute atomic E-state index is 13.6. The Morgan fingerprint density at radius 2 is 1.61 bits per heavy atom. The number of aryl methyl sites for hydroxylation is 1. The fraction of sp³-hybridized carbons (Fsp3) is 0.312. The Bertz CT molecular complexity index is 1370. The third kappa shape index (κ3) is 5.57. The van der Waals surface area contributed by atoms with Gasteiger partial charge in [0.05, 0.1) is 24.5 Å². The van der Waals surface area contributed by atoms with Crippen LogP contribution in [-0.4, -0.2) is 59.0 Å². The summed E-state index contributed by atoms with van der Waals surface area (Å²) >= 11 is 0. The van der Waals surface area contributed by atoms with Gasteiger partial charge in [-0.15, -0.1) is 0 Å². The van der Waals surface area contributed by atoms with Crippen LogP contribution in [0.5, 0.6) is 0 Å². The summed E-state index contributed by atoms with van der Waals surface area (Å²) in [5.74, 6) is -0.124. The van der Waals surface area contributed by atoms with E-state index < -0.39 is 0 Å². The van der Waals surface area contributed by atoms with Crippen molar-refractivity contribution in [3.8, 4) is 28.1 Å². The quantitative estimate of drug-likeness (QED) is 0.336. The number of hydrogen-bond acceptors (Lipinski definition) is 4. The highest BCUT2D eigenvalue weighted by molar-refractivity contribution is 6.00. The van der Waals surface area contributed by atoms with E-state index in [1.54, 1.807) is 0 Å². The Morgan fingerprint density at radius 3 is 2.32 bits per heavy atom. The summed E-state index contributed by atoms with van der Waals surface area (Å²) in [6, 6.07) is 26.7. The lowest BCUT2D eigenvalue weighted by Crippen LogP contribution is -2.55. The lowest BCUT2D eigenvalue weighted by Gasteiger charge is -2.40. The number of carbonyl (C=O) groups is 1. The van der Waals surface area contributed by atoms with Crippen LogP contribution < -0.4 is 5.32 Å². The van der Waals surface area contributed by atoms with Gasteiger partial charge in [-0.1, -0.05) is 79.7 Å². The molecule has 0 saturated carbocycles. The van der Waals surface area contributed by atoms with Crippen LogP contribution in [-0.2, 0) is 11.2 Å². The minimum Gasteiger partial charge on any atom is -0.379 e. The van der Waals surface area contributed by atoms with Crippen molar-refractivity contribution in [3.05, 3.63) is 96.2 Å². The normalized spacial score (nSPS) is 14.4. The summed E-state index contributed by atoms with van der Waals surface area (Å²) < 4.78 is 7.35. The van der Waals surface area contributed by atoms with Gasteiger partial charge in [0.15, 0.2) is 0 Å². The molecule has 6 nitrogen and oxygen atoms in total. The highest BCUT2D eigenvalue weighted by Crippen LogP contribution is 2.30. The average molecular weight is 509 g/mol. The first-order valence-electron chi connectivity index (χ1n) is 13.4. The van der Waals surface area contributed by atoms with Crippen LogP contribution in [0.15, 0.2) is 85.1 Å². The molecule has 1 aromatic heterocycles. The van der Waals surface area contributed by atoms with Gasteiger partial charge in [0, 0.05) is 42.5 Å². The molecular weight excluding hydrogens is 472 g/mol.